The predicted molar refractivity (Wildman–Crippen MR) is 95.9 cm³/mol. The van der Waals surface area contributed by atoms with E-state index in [-0.39, 0.29) is 12.2 Å². The third kappa shape index (κ3) is 3.03. The van der Waals surface area contributed by atoms with Gasteiger partial charge in [-0.2, -0.15) is 0 Å². The van der Waals surface area contributed by atoms with Crippen LogP contribution in [0.4, 0.5) is 0 Å². The van der Waals surface area contributed by atoms with Crippen LogP contribution in [0.3, 0.4) is 0 Å². The zero-order chi connectivity index (χ0) is 17.6. The molecule has 5 nitrogen and oxygen atoms in total. The first kappa shape index (κ1) is 16.2. The maximum Gasteiger partial charge on any atom is 0.252 e. The third-order valence-corrected chi connectivity index (χ3v) is 5.39. The Kier molecular flexibility index (Phi) is 4.02. The summed E-state index contributed by atoms with van der Waals surface area (Å²) in [6.45, 7) is 3.84. The Morgan fingerprint density at radius 3 is 2.76 bits per heavy atom. The Morgan fingerprint density at radius 2 is 2.12 bits per heavy atom. The molecule has 2 bridgehead atoms. The van der Waals surface area contributed by atoms with Crippen molar-refractivity contribution in [2.24, 2.45) is 17.6 Å². The van der Waals surface area contributed by atoms with E-state index < -0.39 is 5.91 Å². The van der Waals surface area contributed by atoms with Gasteiger partial charge in [0.05, 0.1) is 11.7 Å². The Morgan fingerprint density at radius 1 is 1.28 bits per heavy atom. The highest BCUT2D eigenvalue weighted by atomic mass is 16.5. The highest BCUT2D eigenvalue weighted by molar-refractivity contribution is 6.01. The number of primary amides is 1. The second-order valence-corrected chi connectivity index (χ2v) is 7.55. The first-order valence-electron chi connectivity index (χ1n) is 9.07. The Balaban J connectivity index is 1.73. The van der Waals surface area contributed by atoms with E-state index in [1.165, 1.54) is 19.3 Å². The highest BCUT2D eigenvalue weighted by Gasteiger charge is 2.41. The molecule has 25 heavy (non-hydrogen) atoms. The van der Waals surface area contributed by atoms with Gasteiger partial charge in [-0.05, 0) is 75.0 Å². The summed E-state index contributed by atoms with van der Waals surface area (Å²) in [7, 11) is 0. The summed E-state index contributed by atoms with van der Waals surface area (Å²) in [6.07, 6.45) is 6.92. The average molecular weight is 340 g/mol. The summed E-state index contributed by atoms with van der Waals surface area (Å²) < 4.78 is 12.1. The minimum absolute atomic E-state index is 0.0536. The van der Waals surface area contributed by atoms with Gasteiger partial charge in [0, 0.05) is 11.6 Å². The topological polar surface area (TPSA) is 74.4 Å². The normalized spacial score (nSPS) is 24.8. The van der Waals surface area contributed by atoms with Gasteiger partial charge in [0.2, 0.25) is 5.88 Å². The van der Waals surface area contributed by atoms with Crippen molar-refractivity contribution in [2.45, 2.75) is 51.7 Å². The van der Waals surface area contributed by atoms with Gasteiger partial charge in [0.1, 0.15) is 11.9 Å². The molecule has 2 N–H and O–H groups in total. The number of amides is 1. The molecule has 0 aliphatic heterocycles. The van der Waals surface area contributed by atoms with Crippen molar-refractivity contribution in [2.75, 3.05) is 0 Å². The maximum atomic E-state index is 11.8. The quantitative estimate of drug-likeness (QED) is 0.901. The first-order valence-corrected chi connectivity index (χ1v) is 9.07. The van der Waals surface area contributed by atoms with Crippen LogP contribution in [0, 0.1) is 11.8 Å². The van der Waals surface area contributed by atoms with Crippen molar-refractivity contribution in [3.63, 3.8) is 0 Å². The van der Waals surface area contributed by atoms with Crippen molar-refractivity contribution in [3.05, 3.63) is 30.0 Å². The predicted octanol–water partition coefficient (Wildman–Crippen LogP) is 3.69. The molecule has 0 saturated heterocycles. The van der Waals surface area contributed by atoms with Crippen LogP contribution in [-0.4, -0.2) is 23.1 Å². The maximum absolute atomic E-state index is 11.8. The molecule has 0 spiro atoms. The SMILES string of the molecule is CC(C)Oc1cc2c(O[C@@H]3C[C@@H]4CC[C@H]3C4)nccc2cc1C(N)=O. The molecular weight excluding hydrogens is 316 g/mol. The molecule has 1 aromatic heterocycles. The van der Waals surface area contributed by atoms with Gasteiger partial charge in [-0.15, -0.1) is 0 Å². The average Bonchev–Trinajstić information content (AvgIpc) is 3.17. The van der Waals surface area contributed by atoms with Gasteiger partial charge in [-0.25, -0.2) is 4.98 Å². The molecule has 2 aromatic rings. The molecule has 2 aliphatic carbocycles. The first-order chi connectivity index (χ1) is 12.0. The molecule has 0 unspecified atom stereocenters. The molecule has 132 valence electrons. The van der Waals surface area contributed by atoms with Gasteiger partial charge in [-0.1, -0.05) is 0 Å². The molecule has 4 rings (SSSR count). The number of nitrogens with zero attached hydrogens (tertiary/aromatic N) is 1. The summed E-state index contributed by atoms with van der Waals surface area (Å²) >= 11 is 0. The molecule has 2 saturated carbocycles. The van der Waals surface area contributed by atoms with Crippen LogP contribution in [0.2, 0.25) is 0 Å². The van der Waals surface area contributed by atoms with E-state index in [2.05, 4.69) is 4.98 Å². The second kappa shape index (κ2) is 6.21. The highest BCUT2D eigenvalue weighted by Crippen LogP contribution is 2.46. The number of ether oxygens (including phenoxy) is 2. The lowest BCUT2D eigenvalue weighted by atomic mass is 9.98. The molecule has 2 aliphatic rings. The summed E-state index contributed by atoms with van der Waals surface area (Å²) in [5.74, 6) is 2.08. The fraction of sp³-hybridized carbons (Fsp3) is 0.500. The van der Waals surface area contributed by atoms with Gasteiger partial charge in [-0.3, -0.25) is 4.79 Å². The lowest BCUT2D eigenvalue weighted by molar-refractivity contribution is 0.0994. The van der Waals surface area contributed by atoms with Crippen molar-refractivity contribution in [1.29, 1.82) is 0 Å². The van der Waals surface area contributed by atoms with Crippen molar-refractivity contribution >= 4 is 16.7 Å². The van der Waals surface area contributed by atoms with Crippen LogP contribution in [0.25, 0.3) is 10.8 Å². The van der Waals surface area contributed by atoms with Crippen LogP contribution in [0.15, 0.2) is 24.4 Å². The Hall–Kier alpha value is -2.30. The lowest BCUT2D eigenvalue weighted by Crippen LogP contribution is -2.24. The fourth-order valence-electron chi connectivity index (χ4n) is 4.29. The number of fused-ring (bicyclic) bond motifs is 3. The van der Waals surface area contributed by atoms with E-state index in [1.54, 1.807) is 12.3 Å². The lowest BCUT2D eigenvalue weighted by Gasteiger charge is -2.23. The number of benzene rings is 1. The van der Waals surface area contributed by atoms with E-state index in [0.717, 1.165) is 23.1 Å². The minimum atomic E-state index is -0.495. The number of carbonyl (C=O) groups excluding carboxylic acids is 1. The Labute approximate surface area is 147 Å². The zero-order valence-corrected chi connectivity index (χ0v) is 14.7. The molecule has 1 amide bonds. The van der Waals surface area contributed by atoms with Crippen molar-refractivity contribution in [3.8, 4) is 11.6 Å². The van der Waals surface area contributed by atoms with Crippen LogP contribution >= 0.6 is 0 Å². The smallest absolute Gasteiger partial charge is 0.252 e. The number of aromatic nitrogens is 1. The number of carbonyl (C=O) groups is 1. The van der Waals surface area contributed by atoms with E-state index >= 15 is 0 Å². The van der Waals surface area contributed by atoms with Gasteiger partial charge >= 0.3 is 0 Å². The van der Waals surface area contributed by atoms with E-state index in [4.69, 9.17) is 15.2 Å². The summed E-state index contributed by atoms with van der Waals surface area (Å²) in [4.78, 5) is 16.2. The molecule has 1 heterocycles. The number of rotatable bonds is 5. The van der Waals surface area contributed by atoms with Gasteiger partial charge in [0.25, 0.3) is 5.91 Å². The Bertz CT molecular complexity index is 818. The molecule has 3 atom stereocenters. The largest absolute Gasteiger partial charge is 0.490 e. The van der Waals surface area contributed by atoms with E-state index in [1.807, 2.05) is 26.0 Å². The summed E-state index contributed by atoms with van der Waals surface area (Å²) in [5, 5.41) is 1.75. The second-order valence-electron chi connectivity index (χ2n) is 7.55. The minimum Gasteiger partial charge on any atom is -0.490 e. The summed E-state index contributed by atoms with van der Waals surface area (Å²) in [6, 6.07) is 5.48. The number of hydrogen-bond acceptors (Lipinski definition) is 4. The van der Waals surface area contributed by atoms with Crippen LogP contribution in [0.5, 0.6) is 11.6 Å². The molecule has 0 radical (unpaired) electrons. The number of pyridine rings is 1. The molecular formula is C20H24N2O3. The van der Waals surface area contributed by atoms with Gasteiger partial charge < -0.3 is 15.2 Å². The van der Waals surface area contributed by atoms with E-state index in [9.17, 15) is 4.79 Å². The molecule has 2 fully saturated rings. The summed E-state index contributed by atoms with van der Waals surface area (Å²) in [5.41, 5.74) is 5.91. The van der Waals surface area contributed by atoms with E-state index in [0.29, 0.717) is 23.1 Å². The fourth-order valence-corrected chi connectivity index (χ4v) is 4.29. The zero-order valence-electron chi connectivity index (χ0n) is 14.7. The monoisotopic (exact) mass is 340 g/mol. The van der Waals surface area contributed by atoms with Crippen LogP contribution in [0.1, 0.15) is 49.9 Å². The molecule has 5 heteroatoms. The van der Waals surface area contributed by atoms with Gasteiger partial charge in [0.15, 0.2) is 0 Å². The van der Waals surface area contributed by atoms with Crippen molar-refractivity contribution in [1.82, 2.24) is 4.98 Å². The number of nitrogens with two attached hydrogens (primary N) is 1. The standard InChI is InChI=1S/C20H24N2O3/c1-11(2)24-18-10-15-13(9-16(18)19(21)23)5-6-22-20(15)25-17-8-12-3-4-14(17)7-12/h5-6,9-12,14,17H,3-4,7-8H2,1-2H3,(H2,21,23)/t12-,14+,17-/m1/s1. The van der Waals surface area contributed by atoms with Crippen molar-refractivity contribution < 1.29 is 14.3 Å². The third-order valence-electron chi connectivity index (χ3n) is 5.39. The number of hydrogen-bond donors (Lipinski definition) is 1. The van der Waals surface area contributed by atoms with Crippen LogP contribution in [-0.2, 0) is 0 Å². The van der Waals surface area contributed by atoms with Crippen LogP contribution < -0.4 is 15.2 Å². The molecule has 1 aromatic carbocycles.